The number of aryl methyl sites for hydroxylation is 4. The van der Waals surface area contributed by atoms with Crippen molar-refractivity contribution in [3.05, 3.63) is 32.6 Å². The minimum absolute atomic E-state index is 0.166. The highest BCUT2D eigenvalue weighted by Gasteiger charge is 2.31. The van der Waals surface area contributed by atoms with Crippen LogP contribution < -0.4 is 0 Å². The third-order valence-electron chi connectivity index (χ3n) is 5.02. The quantitative estimate of drug-likeness (QED) is 0.845. The minimum atomic E-state index is -0.213. The fourth-order valence-corrected chi connectivity index (χ4v) is 4.61. The molecule has 0 saturated carbocycles. The molecule has 1 fully saturated rings. The van der Waals surface area contributed by atoms with Gasteiger partial charge in [-0.2, -0.15) is 0 Å². The second-order valence-corrected chi connectivity index (χ2v) is 8.01. The van der Waals surface area contributed by atoms with Crippen molar-refractivity contribution < 1.29 is 9.32 Å². The first-order chi connectivity index (χ1) is 11.4. The molecular weight excluding hydrogens is 322 g/mol. The number of hydrogen-bond acceptors (Lipinski definition) is 5. The molecule has 6 heteroatoms. The molecule has 0 radical (unpaired) electrons. The Labute approximate surface area is 147 Å². The molecule has 0 N–H and O–H groups in total. The summed E-state index contributed by atoms with van der Waals surface area (Å²) in [5, 5.41) is 5.16. The van der Waals surface area contributed by atoms with Gasteiger partial charge >= 0.3 is 0 Å². The lowest BCUT2D eigenvalue weighted by Crippen LogP contribution is -2.41. The lowest BCUT2D eigenvalue weighted by molar-refractivity contribution is -0.133. The van der Waals surface area contributed by atoms with Gasteiger partial charge in [-0.15, -0.1) is 11.3 Å². The molecule has 130 valence electrons. The van der Waals surface area contributed by atoms with Gasteiger partial charge in [0, 0.05) is 29.4 Å². The molecule has 0 aromatic carbocycles. The van der Waals surface area contributed by atoms with Gasteiger partial charge in [-0.25, -0.2) is 4.98 Å². The van der Waals surface area contributed by atoms with Crippen molar-refractivity contribution in [2.75, 3.05) is 13.1 Å². The van der Waals surface area contributed by atoms with E-state index in [0.29, 0.717) is 5.92 Å². The average molecular weight is 347 g/mol. The normalized spacial score (nSPS) is 19.5. The summed E-state index contributed by atoms with van der Waals surface area (Å²) in [7, 11) is 0. The molecule has 1 aliphatic rings. The molecule has 5 nitrogen and oxygen atoms in total. The number of hydrogen-bond donors (Lipinski definition) is 0. The molecule has 0 unspecified atom stereocenters. The van der Waals surface area contributed by atoms with Gasteiger partial charge in [0.2, 0.25) is 5.91 Å². The topological polar surface area (TPSA) is 59.2 Å². The first-order valence-corrected chi connectivity index (χ1v) is 9.35. The first kappa shape index (κ1) is 17.1. The van der Waals surface area contributed by atoms with E-state index in [1.807, 2.05) is 25.7 Å². The SMILES string of the molecule is Cc1nc([C@@H]2CCCN(C(=O)[C@H](C)c3c(C)noc3C)C2)sc1C. The summed E-state index contributed by atoms with van der Waals surface area (Å²) in [6.45, 7) is 11.5. The van der Waals surface area contributed by atoms with Crippen molar-refractivity contribution in [1.82, 2.24) is 15.0 Å². The van der Waals surface area contributed by atoms with Gasteiger partial charge in [-0.05, 0) is 47.5 Å². The molecule has 2 atom stereocenters. The van der Waals surface area contributed by atoms with Gasteiger partial charge in [0.1, 0.15) is 5.76 Å². The van der Waals surface area contributed by atoms with E-state index in [9.17, 15) is 4.79 Å². The molecule has 1 aliphatic heterocycles. The van der Waals surface area contributed by atoms with Crippen molar-refractivity contribution in [2.45, 2.75) is 59.3 Å². The van der Waals surface area contributed by atoms with E-state index in [1.165, 1.54) is 9.88 Å². The highest BCUT2D eigenvalue weighted by atomic mass is 32.1. The van der Waals surface area contributed by atoms with Crippen molar-refractivity contribution >= 4 is 17.2 Å². The van der Waals surface area contributed by atoms with E-state index in [1.54, 1.807) is 11.3 Å². The van der Waals surface area contributed by atoms with Crippen LogP contribution in [-0.4, -0.2) is 34.0 Å². The van der Waals surface area contributed by atoms with Gasteiger partial charge in [-0.1, -0.05) is 5.16 Å². The number of aromatic nitrogens is 2. The van der Waals surface area contributed by atoms with Crippen LogP contribution in [0.4, 0.5) is 0 Å². The Kier molecular flexibility index (Phi) is 4.76. The standard InChI is InChI=1S/C18H25N3O2S/c1-10(16-12(3)20-23-13(16)4)18(22)21-8-6-7-15(9-21)17-19-11(2)14(5)24-17/h10,15H,6-9H2,1-5H3/t10-,15-/m1/s1. The highest BCUT2D eigenvalue weighted by Crippen LogP contribution is 2.33. The second kappa shape index (κ2) is 6.67. The van der Waals surface area contributed by atoms with Crippen LogP contribution in [0.5, 0.6) is 0 Å². The average Bonchev–Trinajstić information content (AvgIpc) is 3.08. The zero-order chi connectivity index (χ0) is 17.4. The number of likely N-dealkylation sites (tertiary alicyclic amines) is 1. The van der Waals surface area contributed by atoms with Gasteiger partial charge < -0.3 is 9.42 Å². The largest absolute Gasteiger partial charge is 0.361 e. The number of carbonyl (C=O) groups excluding carboxylic acids is 1. The van der Waals surface area contributed by atoms with Crippen molar-refractivity contribution in [2.24, 2.45) is 0 Å². The van der Waals surface area contributed by atoms with Crippen LogP contribution in [0, 0.1) is 27.7 Å². The van der Waals surface area contributed by atoms with Gasteiger partial charge in [0.25, 0.3) is 0 Å². The number of rotatable bonds is 3. The van der Waals surface area contributed by atoms with Gasteiger partial charge in [-0.3, -0.25) is 4.79 Å². The third kappa shape index (κ3) is 3.11. The Morgan fingerprint density at radius 1 is 1.29 bits per heavy atom. The molecule has 0 aliphatic carbocycles. The van der Waals surface area contributed by atoms with Crippen molar-refractivity contribution in [3.8, 4) is 0 Å². The zero-order valence-corrected chi connectivity index (χ0v) is 15.9. The number of carbonyl (C=O) groups is 1. The molecule has 3 heterocycles. The van der Waals surface area contributed by atoms with Crippen LogP contribution in [0.15, 0.2) is 4.52 Å². The van der Waals surface area contributed by atoms with Crippen molar-refractivity contribution in [1.29, 1.82) is 0 Å². The fourth-order valence-electron chi connectivity index (χ4n) is 3.56. The van der Waals surface area contributed by atoms with Crippen LogP contribution in [0.25, 0.3) is 0 Å². The van der Waals surface area contributed by atoms with E-state index in [2.05, 4.69) is 19.0 Å². The Morgan fingerprint density at radius 3 is 2.62 bits per heavy atom. The van der Waals surface area contributed by atoms with E-state index in [4.69, 9.17) is 9.51 Å². The smallest absolute Gasteiger partial charge is 0.230 e. The highest BCUT2D eigenvalue weighted by molar-refractivity contribution is 7.11. The molecule has 0 bridgehead atoms. The van der Waals surface area contributed by atoms with Crippen LogP contribution in [0.3, 0.4) is 0 Å². The van der Waals surface area contributed by atoms with E-state index >= 15 is 0 Å². The number of thiazole rings is 1. The Balaban J connectivity index is 1.75. The van der Waals surface area contributed by atoms with Crippen LogP contribution >= 0.6 is 11.3 Å². The maximum absolute atomic E-state index is 13.0. The van der Waals surface area contributed by atoms with Crippen molar-refractivity contribution in [3.63, 3.8) is 0 Å². The van der Waals surface area contributed by atoms with E-state index < -0.39 is 0 Å². The number of piperidine rings is 1. The van der Waals surface area contributed by atoms with Crippen LogP contribution in [0.2, 0.25) is 0 Å². The zero-order valence-electron chi connectivity index (χ0n) is 15.0. The predicted molar refractivity (Wildman–Crippen MR) is 94.5 cm³/mol. The Bertz CT molecular complexity index is 711. The summed E-state index contributed by atoms with van der Waals surface area (Å²) in [4.78, 5) is 21.0. The lowest BCUT2D eigenvalue weighted by Gasteiger charge is -2.33. The molecule has 24 heavy (non-hydrogen) atoms. The molecule has 2 aromatic rings. The third-order valence-corrected chi connectivity index (χ3v) is 6.25. The molecule has 3 rings (SSSR count). The molecule has 1 saturated heterocycles. The lowest BCUT2D eigenvalue weighted by atomic mass is 9.94. The second-order valence-electron chi connectivity index (χ2n) is 6.78. The monoisotopic (exact) mass is 347 g/mol. The van der Waals surface area contributed by atoms with E-state index in [0.717, 1.165) is 48.6 Å². The summed E-state index contributed by atoms with van der Waals surface area (Å²) < 4.78 is 5.23. The molecule has 2 aromatic heterocycles. The molecule has 0 spiro atoms. The Hall–Kier alpha value is -1.69. The molecule has 1 amide bonds. The number of nitrogens with zero attached hydrogens (tertiary/aromatic N) is 3. The summed E-state index contributed by atoms with van der Waals surface area (Å²) in [6, 6.07) is 0. The summed E-state index contributed by atoms with van der Waals surface area (Å²) >= 11 is 1.77. The fraction of sp³-hybridized carbons (Fsp3) is 0.611. The summed E-state index contributed by atoms with van der Waals surface area (Å²) in [6.07, 6.45) is 2.14. The van der Waals surface area contributed by atoms with Gasteiger partial charge in [0.05, 0.1) is 22.3 Å². The van der Waals surface area contributed by atoms with Gasteiger partial charge in [0.15, 0.2) is 0 Å². The Morgan fingerprint density at radius 2 is 2.04 bits per heavy atom. The maximum Gasteiger partial charge on any atom is 0.230 e. The number of amides is 1. The summed E-state index contributed by atoms with van der Waals surface area (Å²) in [5.74, 6) is 1.05. The van der Waals surface area contributed by atoms with E-state index in [-0.39, 0.29) is 11.8 Å². The summed E-state index contributed by atoms with van der Waals surface area (Å²) in [5.41, 5.74) is 2.86. The first-order valence-electron chi connectivity index (χ1n) is 8.54. The predicted octanol–water partition coefficient (Wildman–Crippen LogP) is 3.87. The molecular formula is C18H25N3O2S. The minimum Gasteiger partial charge on any atom is -0.361 e. The van der Waals surface area contributed by atoms with Crippen LogP contribution in [-0.2, 0) is 4.79 Å². The van der Waals surface area contributed by atoms with Crippen LogP contribution in [0.1, 0.15) is 64.2 Å². The maximum atomic E-state index is 13.0.